The SMILES string of the molecule is C=C(O)/C=C/CC[C@@H](C)O[C@@H]1O[C@@H](C)[C@H](O)C[C@H]1C. The molecule has 4 heteroatoms. The molecular weight excluding hydrogens is 244 g/mol. The Kier molecular flexibility index (Phi) is 6.55. The molecule has 110 valence electrons. The van der Waals surface area contributed by atoms with Crippen molar-refractivity contribution in [2.45, 2.75) is 64.6 Å². The Balaban J connectivity index is 2.31. The molecule has 1 heterocycles. The fourth-order valence-corrected chi connectivity index (χ4v) is 2.13. The van der Waals surface area contributed by atoms with Crippen molar-refractivity contribution >= 4 is 0 Å². The van der Waals surface area contributed by atoms with Crippen molar-refractivity contribution in [3.05, 3.63) is 24.5 Å². The van der Waals surface area contributed by atoms with E-state index in [0.29, 0.717) is 6.42 Å². The Labute approximate surface area is 115 Å². The molecule has 0 spiro atoms. The molecule has 1 aliphatic rings. The summed E-state index contributed by atoms with van der Waals surface area (Å²) in [5, 5.41) is 18.6. The first-order valence-electron chi connectivity index (χ1n) is 6.93. The topological polar surface area (TPSA) is 58.9 Å². The summed E-state index contributed by atoms with van der Waals surface area (Å²) in [6.07, 6.45) is 5.10. The van der Waals surface area contributed by atoms with Gasteiger partial charge in [0.15, 0.2) is 6.29 Å². The molecule has 1 fully saturated rings. The van der Waals surface area contributed by atoms with E-state index in [1.807, 2.05) is 26.8 Å². The van der Waals surface area contributed by atoms with Crippen LogP contribution in [0.5, 0.6) is 0 Å². The number of aliphatic hydroxyl groups excluding tert-OH is 2. The summed E-state index contributed by atoms with van der Waals surface area (Å²) in [6.45, 7) is 9.29. The lowest BCUT2D eigenvalue weighted by Crippen LogP contribution is -2.44. The number of hydrogen-bond donors (Lipinski definition) is 2. The minimum atomic E-state index is -0.399. The summed E-state index contributed by atoms with van der Waals surface area (Å²) in [6, 6.07) is 0. The number of hydrogen-bond acceptors (Lipinski definition) is 4. The van der Waals surface area contributed by atoms with Crippen LogP contribution in [0.3, 0.4) is 0 Å². The van der Waals surface area contributed by atoms with Crippen LogP contribution in [0, 0.1) is 5.92 Å². The van der Waals surface area contributed by atoms with Gasteiger partial charge in [0.25, 0.3) is 0 Å². The van der Waals surface area contributed by atoms with Gasteiger partial charge in [-0.15, -0.1) is 0 Å². The van der Waals surface area contributed by atoms with E-state index in [1.165, 1.54) is 0 Å². The highest BCUT2D eigenvalue weighted by Crippen LogP contribution is 2.27. The summed E-state index contributed by atoms with van der Waals surface area (Å²) < 4.78 is 11.6. The van der Waals surface area contributed by atoms with Gasteiger partial charge in [0, 0.05) is 5.92 Å². The zero-order valence-electron chi connectivity index (χ0n) is 12.1. The Morgan fingerprint density at radius 3 is 2.84 bits per heavy atom. The van der Waals surface area contributed by atoms with E-state index in [9.17, 15) is 5.11 Å². The number of aliphatic hydroxyl groups is 2. The van der Waals surface area contributed by atoms with Crippen molar-refractivity contribution in [1.82, 2.24) is 0 Å². The quantitative estimate of drug-likeness (QED) is 0.575. The van der Waals surface area contributed by atoms with Crippen LogP contribution in [-0.4, -0.2) is 34.8 Å². The van der Waals surface area contributed by atoms with E-state index in [-0.39, 0.29) is 30.2 Å². The summed E-state index contributed by atoms with van der Waals surface area (Å²) in [5.74, 6) is 0.266. The lowest BCUT2D eigenvalue weighted by molar-refractivity contribution is -0.255. The average molecular weight is 270 g/mol. The van der Waals surface area contributed by atoms with E-state index in [4.69, 9.17) is 14.6 Å². The zero-order chi connectivity index (χ0) is 14.4. The predicted molar refractivity (Wildman–Crippen MR) is 74.8 cm³/mol. The van der Waals surface area contributed by atoms with Gasteiger partial charge in [-0.2, -0.15) is 0 Å². The van der Waals surface area contributed by atoms with Crippen molar-refractivity contribution in [3.8, 4) is 0 Å². The molecule has 0 aromatic carbocycles. The van der Waals surface area contributed by atoms with Gasteiger partial charge >= 0.3 is 0 Å². The first-order valence-corrected chi connectivity index (χ1v) is 6.93. The predicted octanol–water partition coefficient (Wildman–Crippen LogP) is 2.93. The van der Waals surface area contributed by atoms with Crippen LogP contribution in [0.15, 0.2) is 24.5 Å². The maximum atomic E-state index is 9.70. The highest BCUT2D eigenvalue weighted by Gasteiger charge is 2.33. The fourth-order valence-electron chi connectivity index (χ4n) is 2.13. The van der Waals surface area contributed by atoms with Crippen LogP contribution in [0.2, 0.25) is 0 Å². The molecular formula is C15H26O4. The average Bonchev–Trinajstić information content (AvgIpc) is 2.31. The monoisotopic (exact) mass is 270 g/mol. The van der Waals surface area contributed by atoms with Gasteiger partial charge in [-0.3, -0.25) is 0 Å². The molecule has 0 unspecified atom stereocenters. The molecule has 0 saturated carbocycles. The highest BCUT2D eigenvalue weighted by atomic mass is 16.7. The molecule has 19 heavy (non-hydrogen) atoms. The summed E-state index contributed by atoms with van der Waals surface area (Å²) in [7, 11) is 0. The fraction of sp³-hybridized carbons (Fsp3) is 0.733. The number of rotatable bonds is 6. The zero-order valence-corrected chi connectivity index (χ0v) is 12.1. The first kappa shape index (κ1) is 16.2. The molecule has 1 rings (SSSR count). The van der Waals surface area contributed by atoms with Crippen LogP contribution in [0.25, 0.3) is 0 Å². The maximum absolute atomic E-state index is 9.70. The molecule has 5 atom stereocenters. The normalized spacial score (nSPS) is 33.5. The third-order valence-electron chi connectivity index (χ3n) is 3.39. The molecule has 1 saturated heterocycles. The van der Waals surface area contributed by atoms with Crippen molar-refractivity contribution in [3.63, 3.8) is 0 Å². The molecule has 0 aromatic heterocycles. The Hall–Kier alpha value is -0.840. The van der Waals surface area contributed by atoms with Crippen LogP contribution >= 0.6 is 0 Å². The second kappa shape index (κ2) is 7.68. The summed E-state index contributed by atoms with van der Waals surface area (Å²) in [4.78, 5) is 0. The van der Waals surface area contributed by atoms with Crippen molar-refractivity contribution in [2.24, 2.45) is 5.92 Å². The van der Waals surface area contributed by atoms with E-state index in [2.05, 4.69) is 6.58 Å². The first-order chi connectivity index (χ1) is 8.90. The molecule has 0 radical (unpaired) electrons. The van der Waals surface area contributed by atoms with Gasteiger partial charge in [0.05, 0.1) is 18.3 Å². The van der Waals surface area contributed by atoms with Gasteiger partial charge in [-0.25, -0.2) is 0 Å². The van der Waals surface area contributed by atoms with E-state index in [1.54, 1.807) is 6.08 Å². The van der Waals surface area contributed by atoms with Gasteiger partial charge < -0.3 is 19.7 Å². The number of allylic oxidation sites excluding steroid dienone is 2. The maximum Gasteiger partial charge on any atom is 0.161 e. The van der Waals surface area contributed by atoms with Gasteiger partial charge in [0.1, 0.15) is 5.76 Å². The number of ether oxygens (including phenoxy) is 2. The Morgan fingerprint density at radius 2 is 2.21 bits per heavy atom. The molecule has 0 aromatic rings. The standard InChI is InChI=1S/C15H26O4/c1-10-9-14(17)13(4)19-15(10)18-12(3)8-6-5-7-11(2)16/h5,7,10,12-17H,2,6,8-9H2,1,3-4H3/b7-5+/t10-,12-,13+,14-,15-/m1/s1. The molecule has 0 amide bonds. The van der Waals surface area contributed by atoms with Gasteiger partial charge in [0.2, 0.25) is 0 Å². The smallest absolute Gasteiger partial charge is 0.161 e. The summed E-state index contributed by atoms with van der Waals surface area (Å²) in [5.41, 5.74) is 0. The Morgan fingerprint density at radius 1 is 1.53 bits per heavy atom. The largest absolute Gasteiger partial charge is 0.509 e. The van der Waals surface area contributed by atoms with E-state index >= 15 is 0 Å². The summed E-state index contributed by atoms with van der Waals surface area (Å²) >= 11 is 0. The van der Waals surface area contributed by atoms with Crippen molar-refractivity contribution < 1.29 is 19.7 Å². The van der Waals surface area contributed by atoms with Gasteiger partial charge in [-0.05, 0) is 39.2 Å². The third kappa shape index (κ3) is 5.76. The Bertz CT molecular complexity index is 313. The minimum absolute atomic E-state index is 0.0700. The van der Waals surface area contributed by atoms with E-state index < -0.39 is 6.10 Å². The molecule has 2 N–H and O–H groups in total. The second-order valence-electron chi connectivity index (χ2n) is 5.41. The lowest BCUT2D eigenvalue weighted by atomic mass is 9.96. The highest BCUT2D eigenvalue weighted by molar-refractivity contribution is 5.04. The van der Waals surface area contributed by atoms with Crippen LogP contribution in [0.4, 0.5) is 0 Å². The van der Waals surface area contributed by atoms with E-state index in [0.717, 1.165) is 12.8 Å². The van der Waals surface area contributed by atoms with Crippen LogP contribution in [0.1, 0.15) is 40.0 Å². The lowest BCUT2D eigenvalue weighted by Gasteiger charge is -2.37. The van der Waals surface area contributed by atoms with Crippen molar-refractivity contribution in [1.29, 1.82) is 0 Å². The molecule has 4 nitrogen and oxygen atoms in total. The minimum Gasteiger partial charge on any atom is -0.509 e. The third-order valence-corrected chi connectivity index (χ3v) is 3.39. The molecule has 0 aliphatic carbocycles. The molecule has 0 bridgehead atoms. The van der Waals surface area contributed by atoms with Crippen LogP contribution < -0.4 is 0 Å². The second-order valence-corrected chi connectivity index (χ2v) is 5.41. The van der Waals surface area contributed by atoms with Crippen molar-refractivity contribution in [2.75, 3.05) is 0 Å². The van der Waals surface area contributed by atoms with Gasteiger partial charge in [-0.1, -0.05) is 19.6 Å². The molecule has 1 aliphatic heterocycles. The van der Waals surface area contributed by atoms with Crippen LogP contribution in [-0.2, 0) is 9.47 Å².